The van der Waals surface area contributed by atoms with Crippen molar-refractivity contribution in [3.05, 3.63) is 0 Å². The fourth-order valence-corrected chi connectivity index (χ4v) is 3.68. The Bertz CT molecular complexity index is 180. The molecule has 0 heteroatoms. The zero-order valence-electron chi connectivity index (χ0n) is 10.2. The van der Waals surface area contributed by atoms with Gasteiger partial charge in [0.15, 0.2) is 0 Å². The van der Waals surface area contributed by atoms with Crippen LogP contribution < -0.4 is 0 Å². The normalized spacial score (nSPS) is 34.5. The molecule has 2 aliphatic rings. The lowest BCUT2D eigenvalue weighted by molar-refractivity contribution is 0.0152. The van der Waals surface area contributed by atoms with Gasteiger partial charge in [-0.1, -0.05) is 40.0 Å². The zero-order chi connectivity index (χ0) is 10.2. The predicted molar refractivity (Wildman–Crippen MR) is 62.2 cm³/mol. The molecule has 82 valence electrons. The first-order valence-electron chi connectivity index (χ1n) is 6.64. The summed E-state index contributed by atoms with van der Waals surface area (Å²) in [4.78, 5) is 0. The second-order valence-electron chi connectivity index (χ2n) is 6.25. The van der Waals surface area contributed by atoms with Gasteiger partial charge in [-0.15, -0.1) is 0 Å². The molecule has 0 spiro atoms. The molecule has 0 heterocycles. The van der Waals surface area contributed by atoms with Crippen molar-refractivity contribution in [1.82, 2.24) is 0 Å². The van der Waals surface area contributed by atoms with E-state index in [9.17, 15) is 0 Å². The van der Waals surface area contributed by atoms with Crippen LogP contribution in [0.15, 0.2) is 0 Å². The summed E-state index contributed by atoms with van der Waals surface area (Å²) >= 11 is 0. The summed E-state index contributed by atoms with van der Waals surface area (Å²) in [7, 11) is 0. The van der Waals surface area contributed by atoms with Gasteiger partial charge < -0.3 is 0 Å². The topological polar surface area (TPSA) is 0 Å². The van der Waals surface area contributed by atoms with E-state index in [4.69, 9.17) is 0 Å². The van der Waals surface area contributed by atoms with Crippen LogP contribution in [0.1, 0.15) is 65.7 Å². The summed E-state index contributed by atoms with van der Waals surface area (Å²) in [5.41, 5.74) is 0.655. The molecule has 0 aromatic heterocycles. The summed E-state index contributed by atoms with van der Waals surface area (Å²) in [5.74, 6) is 3.17. The van der Waals surface area contributed by atoms with E-state index < -0.39 is 0 Å². The van der Waals surface area contributed by atoms with Gasteiger partial charge in [0.1, 0.15) is 0 Å². The van der Waals surface area contributed by atoms with Gasteiger partial charge in [-0.05, 0) is 48.9 Å². The number of hydrogen-bond donors (Lipinski definition) is 0. The Morgan fingerprint density at radius 2 is 1.57 bits per heavy atom. The largest absolute Gasteiger partial charge is 0.0651 e. The van der Waals surface area contributed by atoms with Gasteiger partial charge in [-0.25, -0.2) is 0 Å². The van der Waals surface area contributed by atoms with Gasteiger partial charge in [0.2, 0.25) is 0 Å². The van der Waals surface area contributed by atoms with E-state index in [1.165, 1.54) is 44.9 Å². The minimum absolute atomic E-state index is 0.655. The van der Waals surface area contributed by atoms with Crippen molar-refractivity contribution in [2.75, 3.05) is 0 Å². The Hall–Kier alpha value is 0. The maximum atomic E-state index is 2.54. The Labute approximate surface area is 89.5 Å². The monoisotopic (exact) mass is 194 g/mol. The molecule has 0 saturated heterocycles. The van der Waals surface area contributed by atoms with E-state index in [1.54, 1.807) is 0 Å². The minimum atomic E-state index is 0.655. The van der Waals surface area contributed by atoms with Gasteiger partial charge in [0, 0.05) is 0 Å². The molecule has 2 saturated carbocycles. The van der Waals surface area contributed by atoms with Crippen LogP contribution in [0, 0.1) is 23.2 Å². The van der Waals surface area contributed by atoms with Crippen LogP contribution in [-0.2, 0) is 0 Å². The summed E-state index contributed by atoms with van der Waals surface area (Å²) in [6.45, 7) is 7.43. The lowest BCUT2D eigenvalue weighted by Crippen LogP contribution is -2.39. The SMILES string of the molecule is CCC1CC(C(C)(C)C2CCCC2)C1. The van der Waals surface area contributed by atoms with Gasteiger partial charge in [0.25, 0.3) is 0 Å². The van der Waals surface area contributed by atoms with Gasteiger partial charge >= 0.3 is 0 Å². The van der Waals surface area contributed by atoms with Crippen molar-refractivity contribution in [1.29, 1.82) is 0 Å². The quantitative estimate of drug-likeness (QED) is 0.614. The van der Waals surface area contributed by atoms with Crippen LogP contribution in [0.3, 0.4) is 0 Å². The summed E-state index contributed by atoms with van der Waals surface area (Å²) in [6.07, 6.45) is 10.5. The van der Waals surface area contributed by atoms with Crippen LogP contribution in [0.5, 0.6) is 0 Å². The van der Waals surface area contributed by atoms with Crippen molar-refractivity contribution in [2.45, 2.75) is 65.7 Å². The molecule has 2 rings (SSSR count). The number of hydrogen-bond acceptors (Lipinski definition) is 0. The molecule has 2 fully saturated rings. The molecule has 0 unspecified atom stereocenters. The third-order valence-corrected chi connectivity index (χ3v) is 5.27. The fourth-order valence-electron chi connectivity index (χ4n) is 3.68. The molecule has 0 amide bonds. The second-order valence-corrected chi connectivity index (χ2v) is 6.25. The van der Waals surface area contributed by atoms with Crippen molar-refractivity contribution < 1.29 is 0 Å². The molecule has 0 N–H and O–H groups in total. The standard InChI is InChI=1S/C14H26/c1-4-11-9-13(10-11)14(2,3)12-7-5-6-8-12/h11-13H,4-10H2,1-3H3. The Kier molecular flexibility index (Phi) is 2.91. The van der Waals surface area contributed by atoms with Crippen LogP contribution in [-0.4, -0.2) is 0 Å². The van der Waals surface area contributed by atoms with E-state index in [2.05, 4.69) is 20.8 Å². The Morgan fingerprint density at radius 1 is 1.00 bits per heavy atom. The summed E-state index contributed by atoms with van der Waals surface area (Å²) in [6, 6.07) is 0. The van der Waals surface area contributed by atoms with Gasteiger partial charge in [-0.3, -0.25) is 0 Å². The van der Waals surface area contributed by atoms with Crippen molar-refractivity contribution in [2.24, 2.45) is 23.2 Å². The third kappa shape index (κ3) is 1.73. The molecular formula is C14H26. The lowest BCUT2D eigenvalue weighted by Gasteiger charge is -2.48. The molecule has 0 aromatic carbocycles. The first-order chi connectivity index (χ1) is 6.64. The van der Waals surface area contributed by atoms with Crippen molar-refractivity contribution in [3.8, 4) is 0 Å². The third-order valence-electron chi connectivity index (χ3n) is 5.27. The van der Waals surface area contributed by atoms with Crippen LogP contribution in [0.4, 0.5) is 0 Å². The highest BCUT2D eigenvalue weighted by molar-refractivity contribution is 4.94. The van der Waals surface area contributed by atoms with Crippen molar-refractivity contribution in [3.63, 3.8) is 0 Å². The molecule has 0 nitrogen and oxygen atoms in total. The number of rotatable bonds is 3. The van der Waals surface area contributed by atoms with Crippen LogP contribution >= 0.6 is 0 Å². The average Bonchev–Trinajstić information content (AvgIpc) is 2.53. The molecule has 0 atom stereocenters. The van der Waals surface area contributed by atoms with E-state index in [0.29, 0.717) is 5.41 Å². The molecule has 0 aromatic rings. The Balaban J connectivity index is 1.89. The first-order valence-corrected chi connectivity index (χ1v) is 6.64. The molecular weight excluding hydrogens is 168 g/mol. The molecule has 14 heavy (non-hydrogen) atoms. The second kappa shape index (κ2) is 3.87. The summed E-state index contributed by atoms with van der Waals surface area (Å²) < 4.78 is 0. The highest BCUT2D eigenvalue weighted by atomic mass is 14.5. The van der Waals surface area contributed by atoms with E-state index >= 15 is 0 Å². The van der Waals surface area contributed by atoms with Gasteiger partial charge in [0.05, 0.1) is 0 Å². The maximum absolute atomic E-state index is 2.54. The van der Waals surface area contributed by atoms with E-state index in [0.717, 1.165) is 17.8 Å². The zero-order valence-corrected chi connectivity index (χ0v) is 10.2. The van der Waals surface area contributed by atoms with Crippen LogP contribution in [0.25, 0.3) is 0 Å². The average molecular weight is 194 g/mol. The fraction of sp³-hybridized carbons (Fsp3) is 1.00. The van der Waals surface area contributed by atoms with Crippen LogP contribution in [0.2, 0.25) is 0 Å². The molecule has 0 radical (unpaired) electrons. The molecule has 0 bridgehead atoms. The molecule has 0 aliphatic heterocycles. The molecule has 2 aliphatic carbocycles. The maximum Gasteiger partial charge on any atom is -0.0297 e. The minimum Gasteiger partial charge on any atom is -0.0651 e. The van der Waals surface area contributed by atoms with E-state index in [-0.39, 0.29) is 0 Å². The lowest BCUT2D eigenvalue weighted by atomic mass is 9.57. The van der Waals surface area contributed by atoms with E-state index in [1.807, 2.05) is 0 Å². The van der Waals surface area contributed by atoms with Gasteiger partial charge in [-0.2, -0.15) is 0 Å². The highest BCUT2D eigenvalue weighted by Crippen LogP contribution is 2.53. The predicted octanol–water partition coefficient (Wildman–Crippen LogP) is 4.64. The first kappa shape index (κ1) is 10.5. The Morgan fingerprint density at radius 3 is 2.07 bits per heavy atom. The highest BCUT2D eigenvalue weighted by Gasteiger charge is 2.43. The summed E-state index contributed by atoms with van der Waals surface area (Å²) in [5, 5.41) is 0. The van der Waals surface area contributed by atoms with Crippen molar-refractivity contribution >= 4 is 0 Å². The smallest absolute Gasteiger partial charge is 0.0297 e.